The van der Waals surface area contributed by atoms with Gasteiger partial charge in [0.05, 0.1) is 14.2 Å². The summed E-state index contributed by atoms with van der Waals surface area (Å²) in [4.78, 5) is 15.0. The summed E-state index contributed by atoms with van der Waals surface area (Å²) in [5, 5.41) is 3.01. The van der Waals surface area contributed by atoms with Crippen LogP contribution in [0, 0.1) is 0 Å². The average Bonchev–Trinajstić information content (AvgIpc) is 3.19. The van der Waals surface area contributed by atoms with Crippen LogP contribution in [-0.2, 0) is 13.1 Å². The summed E-state index contributed by atoms with van der Waals surface area (Å²) in [6.07, 6.45) is 2.55. The fourth-order valence-electron chi connectivity index (χ4n) is 3.28. The van der Waals surface area contributed by atoms with Crippen molar-refractivity contribution in [2.75, 3.05) is 27.3 Å². The van der Waals surface area contributed by atoms with E-state index in [0.717, 1.165) is 25.2 Å². The van der Waals surface area contributed by atoms with Crippen LogP contribution in [0.5, 0.6) is 11.5 Å². The predicted molar refractivity (Wildman–Crippen MR) is 102 cm³/mol. The summed E-state index contributed by atoms with van der Waals surface area (Å²) in [6.45, 7) is 3.76. The van der Waals surface area contributed by atoms with Gasteiger partial charge in [0, 0.05) is 24.7 Å². The van der Waals surface area contributed by atoms with E-state index in [1.54, 1.807) is 32.4 Å². The molecule has 5 heteroatoms. The van der Waals surface area contributed by atoms with Gasteiger partial charge in [0.15, 0.2) is 0 Å². The first-order valence-corrected chi connectivity index (χ1v) is 9.00. The zero-order valence-electron chi connectivity index (χ0n) is 15.5. The Balaban J connectivity index is 1.68. The third kappa shape index (κ3) is 4.55. The Kier molecular flexibility index (Phi) is 6.12. The van der Waals surface area contributed by atoms with Gasteiger partial charge in [-0.1, -0.05) is 24.3 Å². The number of carbonyl (C=O) groups excluding carboxylic acids is 1. The third-order valence-corrected chi connectivity index (χ3v) is 4.76. The van der Waals surface area contributed by atoms with Crippen LogP contribution in [0.15, 0.2) is 42.5 Å². The highest BCUT2D eigenvalue weighted by Gasteiger charge is 2.14. The zero-order chi connectivity index (χ0) is 18.4. The van der Waals surface area contributed by atoms with Crippen LogP contribution in [0.4, 0.5) is 0 Å². The fraction of sp³-hybridized carbons (Fsp3) is 0.381. The van der Waals surface area contributed by atoms with Gasteiger partial charge in [-0.05, 0) is 49.2 Å². The monoisotopic (exact) mass is 354 g/mol. The van der Waals surface area contributed by atoms with Gasteiger partial charge in [0.1, 0.15) is 11.5 Å². The van der Waals surface area contributed by atoms with Gasteiger partial charge in [0.2, 0.25) is 0 Å². The number of benzene rings is 2. The van der Waals surface area contributed by atoms with Crippen molar-refractivity contribution in [2.24, 2.45) is 0 Å². The molecule has 1 heterocycles. The lowest BCUT2D eigenvalue weighted by atomic mass is 10.1. The first-order valence-electron chi connectivity index (χ1n) is 9.00. The van der Waals surface area contributed by atoms with E-state index in [2.05, 4.69) is 28.4 Å². The Morgan fingerprint density at radius 1 is 1.00 bits per heavy atom. The van der Waals surface area contributed by atoms with Crippen molar-refractivity contribution in [3.63, 3.8) is 0 Å². The number of hydrogen-bond donors (Lipinski definition) is 1. The van der Waals surface area contributed by atoms with E-state index in [0.29, 0.717) is 23.6 Å². The summed E-state index contributed by atoms with van der Waals surface area (Å²) in [5.41, 5.74) is 2.96. The second kappa shape index (κ2) is 8.72. The van der Waals surface area contributed by atoms with Crippen molar-refractivity contribution < 1.29 is 14.3 Å². The van der Waals surface area contributed by atoms with Crippen LogP contribution in [-0.4, -0.2) is 38.1 Å². The van der Waals surface area contributed by atoms with Crippen molar-refractivity contribution >= 4 is 5.91 Å². The van der Waals surface area contributed by atoms with E-state index in [4.69, 9.17) is 9.47 Å². The van der Waals surface area contributed by atoms with Gasteiger partial charge in [-0.25, -0.2) is 0 Å². The molecule has 0 saturated carbocycles. The standard InChI is InChI=1S/C21H26N2O3/c1-25-19-11-18(12-20(13-19)26-2)21(24)22-14-16-7-3-4-8-17(16)15-23-9-5-6-10-23/h3-4,7-8,11-13H,5-6,9-10,14-15H2,1-2H3,(H,22,24). The Morgan fingerprint density at radius 3 is 2.23 bits per heavy atom. The first-order chi connectivity index (χ1) is 12.7. The van der Waals surface area contributed by atoms with Crippen molar-refractivity contribution in [3.8, 4) is 11.5 Å². The summed E-state index contributed by atoms with van der Waals surface area (Å²) < 4.78 is 10.5. The molecule has 1 N–H and O–H groups in total. The molecule has 0 atom stereocenters. The molecule has 0 bridgehead atoms. The van der Waals surface area contributed by atoms with E-state index in [1.165, 1.54) is 18.4 Å². The summed E-state index contributed by atoms with van der Waals surface area (Å²) in [7, 11) is 3.15. The second-order valence-electron chi connectivity index (χ2n) is 6.54. The fourth-order valence-corrected chi connectivity index (χ4v) is 3.28. The maximum absolute atomic E-state index is 12.6. The van der Waals surface area contributed by atoms with E-state index >= 15 is 0 Å². The van der Waals surface area contributed by atoms with Gasteiger partial charge in [-0.15, -0.1) is 0 Å². The molecule has 3 rings (SSSR count). The molecular weight excluding hydrogens is 328 g/mol. The van der Waals surface area contributed by atoms with Gasteiger partial charge in [-0.3, -0.25) is 9.69 Å². The normalized spacial score (nSPS) is 14.2. The molecule has 1 aliphatic heterocycles. The van der Waals surface area contributed by atoms with Crippen LogP contribution in [0.3, 0.4) is 0 Å². The molecule has 26 heavy (non-hydrogen) atoms. The number of likely N-dealkylation sites (tertiary alicyclic amines) is 1. The van der Waals surface area contributed by atoms with E-state index in [-0.39, 0.29) is 5.91 Å². The molecule has 0 spiro atoms. The minimum Gasteiger partial charge on any atom is -0.497 e. The maximum Gasteiger partial charge on any atom is 0.251 e. The van der Waals surface area contributed by atoms with Gasteiger partial charge >= 0.3 is 0 Å². The Morgan fingerprint density at radius 2 is 1.62 bits per heavy atom. The number of methoxy groups -OCH3 is 2. The van der Waals surface area contributed by atoms with Crippen LogP contribution < -0.4 is 14.8 Å². The number of rotatable bonds is 7. The summed E-state index contributed by atoms with van der Waals surface area (Å²) in [5.74, 6) is 1.06. The smallest absolute Gasteiger partial charge is 0.251 e. The average molecular weight is 354 g/mol. The largest absolute Gasteiger partial charge is 0.497 e. The van der Waals surface area contributed by atoms with Crippen molar-refractivity contribution in [1.82, 2.24) is 10.2 Å². The molecule has 138 valence electrons. The number of nitrogens with zero attached hydrogens (tertiary/aromatic N) is 1. The Labute approximate surface area is 154 Å². The molecule has 1 aliphatic rings. The maximum atomic E-state index is 12.6. The zero-order valence-corrected chi connectivity index (χ0v) is 15.5. The number of hydrogen-bond acceptors (Lipinski definition) is 4. The molecule has 0 aliphatic carbocycles. The summed E-state index contributed by atoms with van der Waals surface area (Å²) >= 11 is 0. The highest BCUT2D eigenvalue weighted by molar-refractivity contribution is 5.95. The SMILES string of the molecule is COc1cc(OC)cc(C(=O)NCc2ccccc2CN2CCCC2)c1. The molecule has 2 aromatic rings. The second-order valence-corrected chi connectivity index (χ2v) is 6.54. The van der Waals surface area contributed by atoms with Crippen LogP contribution in [0.25, 0.3) is 0 Å². The number of amides is 1. The van der Waals surface area contributed by atoms with Gasteiger partial charge in [-0.2, -0.15) is 0 Å². The van der Waals surface area contributed by atoms with Crippen molar-refractivity contribution in [1.29, 1.82) is 0 Å². The molecule has 1 amide bonds. The van der Waals surface area contributed by atoms with Crippen molar-refractivity contribution in [3.05, 3.63) is 59.2 Å². The lowest BCUT2D eigenvalue weighted by Gasteiger charge is -2.18. The highest BCUT2D eigenvalue weighted by Crippen LogP contribution is 2.22. The lowest BCUT2D eigenvalue weighted by Crippen LogP contribution is -2.25. The topological polar surface area (TPSA) is 50.8 Å². The minimum absolute atomic E-state index is 0.141. The van der Waals surface area contributed by atoms with Crippen LogP contribution >= 0.6 is 0 Å². The molecule has 0 radical (unpaired) electrons. The van der Waals surface area contributed by atoms with E-state index in [1.807, 2.05) is 6.07 Å². The van der Waals surface area contributed by atoms with E-state index < -0.39 is 0 Å². The van der Waals surface area contributed by atoms with Gasteiger partial charge < -0.3 is 14.8 Å². The Bertz CT molecular complexity index is 732. The van der Waals surface area contributed by atoms with Crippen LogP contribution in [0.1, 0.15) is 34.3 Å². The van der Waals surface area contributed by atoms with Crippen molar-refractivity contribution in [2.45, 2.75) is 25.9 Å². The molecule has 1 saturated heterocycles. The molecule has 0 aromatic heterocycles. The molecule has 2 aromatic carbocycles. The van der Waals surface area contributed by atoms with E-state index in [9.17, 15) is 4.79 Å². The van der Waals surface area contributed by atoms with Crippen LogP contribution in [0.2, 0.25) is 0 Å². The number of nitrogens with one attached hydrogen (secondary N) is 1. The predicted octanol–water partition coefficient (Wildman–Crippen LogP) is 3.23. The first kappa shape index (κ1) is 18.3. The lowest BCUT2D eigenvalue weighted by molar-refractivity contribution is 0.0950. The molecule has 5 nitrogen and oxygen atoms in total. The van der Waals surface area contributed by atoms with Gasteiger partial charge in [0.25, 0.3) is 5.91 Å². The molecule has 1 fully saturated rings. The Hall–Kier alpha value is -2.53. The highest BCUT2D eigenvalue weighted by atomic mass is 16.5. The third-order valence-electron chi connectivity index (χ3n) is 4.76. The number of ether oxygens (including phenoxy) is 2. The number of carbonyl (C=O) groups is 1. The molecular formula is C21H26N2O3. The molecule has 0 unspecified atom stereocenters. The minimum atomic E-state index is -0.141. The summed E-state index contributed by atoms with van der Waals surface area (Å²) in [6, 6.07) is 13.5. The quantitative estimate of drug-likeness (QED) is 0.829.